The van der Waals surface area contributed by atoms with Crippen LogP contribution in [0.4, 0.5) is 11.8 Å². The normalized spacial score (nSPS) is 19.4. The number of carbonyl (C=O) groups excluding carboxylic acids is 1. The number of carbonyl (C=O) groups is 1. The number of nitrogens with zero attached hydrogens (tertiary/aromatic N) is 4. The number of hydrogen-bond donors (Lipinski definition) is 2. The molecule has 8 nitrogen and oxygen atoms in total. The zero-order valence-electron chi connectivity index (χ0n) is 14.5. The first-order valence-corrected chi connectivity index (χ1v) is 9.15. The molecule has 9 heteroatoms. The lowest BCUT2D eigenvalue weighted by molar-refractivity contribution is -0.133. The van der Waals surface area contributed by atoms with Gasteiger partial charge in [-0.2, -0.15) is 0 Å². The largest absolute Gasteiger partial charge is 0.402 e. The standard InChI is InChI=1S/C17H21ClN6O2/c1-10(15(25)24-8-6-17(4-5-17)7-9-24)20-16-23-22-14(26-16)12-3-2-11(18)13(19)21-12/h2-3,10H,4-9H2,1H3,(H2,19,21)(H,20,23)/t10-/m0/s1. The fourth-order valence-corrected chi connectivity index (χ4v) is 3.47. The first kappa shape index (κ1) is 17.1. The second-order valence-corrected chi connectivity index (χ2v) is 7.57. The Hall–Kier alpha value is -2.35. The third-order valence-electron chi connectivity index (χ3n) is 5.32. The minimum absolute atomic E-state index is 0.0501. The van der Waals surface area contributed by atoms with E-state index in [1.807, 2.05) is 4.90 Å². The smallest absolute Gasteiger partial charge is 0.316 e. The van der Waals surface area contributed by atoms with Crippen molar-refractivity contribution in [2.24, 2.45) is 5.41 Å². The van der Waals surface area contributed by atoms with E-state index in [4.69, 9.17) is 21.8 Å². The number of piperidine rings is 1. The lowest BCUT2D eigenvalue weighted by Gasteiger charge is -2.33. The SMILES string of the molecule is C[C@H](Nc1nnc(-c2ccc(Cl)c(N)n2)o1)C(=O)N1CCC2(CC1)CC2. The van der Waals surface area contributed by atoms with Gasteiger partial charge in [0, 0.05) is 13.1 Å². The summed E-state index contributed by atoms with van der Waals surface area (Å²) in [4.78, 5) is 18.6. The molecule has 3 heterocycles. The number of amides is 1. The van der Waals surface area contributed by atoms with E-state index in [1.165, 1.54) is 12.8 Å². The van der Waals surface area contributed by atoms with Crippen molar-refractivity contribution in [3.05, 3.63) is 17.2 Å². The van der Waals surface area contributed by atoms with Gasteiger partial charge >= 0.3 is 6.01 Å². The molecule has 1 aliphatic heterocycles. The summed E-state index contributed by atoms with van der Waals surface area (Å²) in [6.45, 7) is 3.45. The summed E-state index contributed by atoms with van der Waals surface area (Å²) in [5, 5.41) is 11.2. The fraction of sp³-hybridized carbons (Fsp3) is 0.529. The van der Waals surface area contributed by atoms with Gasteiger partial charge in [-0.1, -0.05) is 16.7 Å². The topological polar surface area (TPSA) is 110 Å². The summed E-state index contributed by atoms with van der Waals surface area (Å²) in [6.07, 6.45) is 4.85. The Morgan fingerprint density at radius 3 is 2.69 bits per heavy atom. The van der Waals surface area contributed by atoms with Crippen molar-refractivity contribution in [3.63, 3.8) is 0 Å². The maximum Gasteiger partial charge on any atom is 0.316 e. The van der Waals surface area contributed by atoms with Crippen LogP contribution in [-0.4, -0.2) is 45.1 Å². The van der Waals surface area contributed by atoms with Crippen molar-refractivity contribution in [3.8, 4) is 11.6 Å². The van der Waals surface area contributed by atoms with Gasteiger partial charge in [0.2, 0.25) is 5.91 Å². The maximum absolute atomic E-state index is 12.6. The fourth-order valence-electron chi connectivity index (χ4n) is 3.36. The van der Waals surface area contributed by atoms with E-state index < -0.39 is 6.04 Å². The van der Waals surface area contributed by atoms with E-state index in [2.05, 4.69) is 20.5 Å². The number of nitrogens with one attached hydrogen (secondary N) is 1. The average Bonchev–Trinajstić information content (AvgIpc) is 3.22. The number of anilines is 2. The molecule has 1 atom stereocenters. The first-order chi connectivity index (χ1) is 12.5. The van der Waals surface area contributed by atoms with Crippen LogP contribution in [0.25, 0.3) is 11.6 Å². The molecule has 2 fully saturated rings. The highest BCUT2D eigenvalue weighted by molar-refractivity contribution is 6.32. The highest BCUT2D eigenvalue weighted by Gasteiger charge is 2.45. The highest BCUT2D eigenvalue weighted by atomic mass is 35.5. The van der Waals surface area contributed by atoms with Crippen LogP contribution in [0, 0.1) is 5.41 Å². The summed E-state index contributed by atoms with van der Waals surface area (Å²) in [6, 6.07) is 2.99. The van der Waals surface area contributed by atoms with Crippen LogP contribution in [0.1, 0.15) is 32.6 Å². The van der Waals surface area contributed by atoms with Gasteiger partial charge in [0.1, 0.15) is 17.6 Å². The summed E-state index contributed by atoms with van der Waals surface area (Å²) in [5.41, 5.74) is 6.66. The summed E-state index contributed by atoms with van der Waals surface area (Å²) in [7, 11) is 0. The molecule has 0 unspecified atom stereocenters. The molecule has 0 aromatic carbocycles. The van der Waals surface area contributed by atoms with Crippen LogP contribution in [0.5, 0.6) is 0 Å². The number of pyridine rings is 1. The Kier molecular flexibility index (Phi) is 4.22. The van der Waals surface area contributed by atoms with E-state index in [-0.39, 0.29) is 23.6 Å². The summed E-state index contributed by atoms with van der Waals surface area (Å²) >= 11 is 5.86. The molecule has 138 valence electrons. The van der Waals surface area contributed by atoms with E-state index in [0.717, 1.165) is 25.9 Å². The number of hydrogen-bond acceptors (Lipinski definition) is 7. The molecule has 0 radical (unpaired) electrons. The second kappa shape index (κ2) is 6.42. The maximum atomic E-state index is 12.6. The number of aromatic nitrogens is 3. The number of likely N-dealkylation sites (tertiary alicyclic amines) is 1. The molecule has 2 aromatic heterocycles. The Bertz CT molecular complexity index is 824. The van der Waals surface area contributed by atoms with E-state index in [9.17, 15) is 4.79 Å². The molecular formula is C17H21ClN6O2. The van der Waals surface area contributed by atoms with Gasteiger partial charge in [-0.3, -0.25) is 4.79 Å². The van der Waals surface area contributed by atoms with Gasteiger partial charge in [-0.05, 0) is 50.2 Å². The first-order valence-electron chi connectivity index (χ1n) is 8.77. The van der Waals surface area contributed by atoms with Crippen molar-refractivity contribution >= 4 is 29.3 Å². The minimum atomic E-state index is -0.445. The van der Waals surface area contributed by atoms with Crippen LogP contribution in [0.2, 0.25) is 5.02 Å². The van der Waals surface area contributed by atoms with Crippen LogP contribution in [0.15, 0.2) is 16.5 Å². The molecule has 4 rings (SSSR count). The van der Waals surface area contributed by atoms with Crippen LogP contribution in [0.3, 0.4) is 0 Å². The van der Waals surface area contributed by atoms with Gasteiger partial charge in [-0.25, -0.2) is 4.98 Å². The van der Waals surface area contributed by atoms with Gasteiger partial charge in [0.15, 0.2) is 0 Å². The molecule has 2 aromatic rings. The van der Waals surface area contributed by atoms with Crippen LogP contribution < -0.4 is 11.1 Å². The quantitative estimate of drug-likeness (QED) is 0.843. The highest BCUT2D eigenvalue weighted by Crippen LogP contribution is 2.53. The van der Waals surface area contributed by atoms with Crippen LogP contribution >= 0.6 is 11.6 Å². The Labute approximate surface area is 156 Å². The predicted octanol–water partition coefficient (Wildman–Crippen LogP) is 2.57. The monoisotopic (exact) mass is 376 g/mol. The lowest BCUT2D eigenvalue weighted by atomic mass is 9.93. The van der Waals surface area contributed by atoms with Crippen LogP contribution in [-0.2, 0) is 4.79 Å². The van der Waals surface area contributed by atoms with Gasteiger partial charge in [0.05, 0.1) is 5.02 Å². The Balaban J connectivity index is 1.38. The molecule has 0 bridgehead atoms. The molecule has 26 heavy (non-hydrogen) atoms. The molecule has 1 amide bonds. The second-order valence-electron chi connectivity index (χ2n) is 7.17. The van der Waals surface area contributed by atoms with Crippen molar-refractivity contribution in [2.75, 3.05) is 24.1 Å². The van der Waals surface area contributed by atoms with Gasteiger partial charge in [0.25, 0.3) is 5.89 Å². The van der Waals surface area contributed by atoms with E-state index >= 15 is 0 Å². The van der Waals surface area contributed by atoms with E-state index in [1.54, 1.807) is 19.1 Å². The summed E-state index contributed by atoms with van der Waals surface area (Å²) < 4.78 is 5.55. The molecule has 1 saturated carbocycles. The third kappa shape index (κ3) is 3.33. The Morgan fingerprint density at radius 2 is 2.04 bits per heavy atom. The number of rotatable bonds is 4. The molecule has 1 spiro atoms. The molecule has 2 aliphatic rings. The van der Waals surface area contributed by atoms with Crippen molar-refractivity contribution < 1.29 is 9.21 Å². The van der Waals surface area contributed by atoms with Gasteiger partial charge in [-0.15, -0.1) is 5.10 Å². The average molecular weight is 377 g/mol. The summed E-state index contributed by atoms with van der Waals surface area (Å²) in [5.74, 6) is 0.456. The van der Waals surface area contributed by atoms with E-state index in [0.29, 0.717) is 16.1 Å². The lowest BCUT2D eigenvalue weighted by Crippen LogP contribution is -2.45. The zero-order chi connectivity index (χ0) is 18.3. The minimum Gasteiger partial charge on any atom is -0.402 e. The third-order valence-corrected chi connectivity index (χ3v) is 5.64. The number of nitrogens with two attached hydrogens (primary N) is 1. The molecular weight excluding hydrogens is 356 g/mol. The molecule has 1 saturated heterocycles. The van der Waals surface area contributed by atoms with Gasteiger partial charge < -0.3 is 20.4 Å². The van der Waals surface area contributed by atoms with Crippen molar-refractivity contribution in [1.29, 1.82) is 0 Å². The van der Waals surface area contributed by atoms with Crippen molar-refractivity contribution in [1.82, 2.24) is 20.1 Å². The Morgan fingerprint density at radius 1 is 1.31 bits per heavy atom. The number of halogens is 1. The van der Waals surface area contributed by atoms with Crippen molar-refractivity contribution in [2.45, 2.75) is 38.6 Å². The zero-order valence-corrected chi connectivity index (χ0v) is 15.3. The number of nitrogen functional groups attached to an aromatic ring is 1. The molecule has 1 aliphatic carbocycles. The predicted molar refractivity (Wildman–Crippen MR) is 97.5 cm³/mol. The molecule has 3 N–H and O–H groups in total.